The lowest BCUT2D eigenvalue weighted by atomic mass is 10.0. The molecule has 0 aliphatic rings. The Morgan fingerprint density at radius 2 is 1.78 bits per heavy atom. The van der Waals surface area contributed by atoms with Gasteiger partial charge in [0.15, 0.2) is 0 Å². The van der Waals surface area contributed by atoms with Crippen molar-refractivity contribution < 1.29 is 13.2 Å². The molecule has 96 valence electrons. The van der Waals surface area contributed by atoms with Crippen LogP contribution in [0.4, 0.5) is 13.2 Å². The Morgan fingerprint density at radius 3 is 2.22 bits per heavy atom. The molecular weight excluding hydrogens is 261 g/mol. The molecule has 1 aromatic heterocycles. The Kier molecular flexibility index (Phi) is 3.70. The van der Waals surface area contributed by atoms with Crippen molar-refractivity contribution in [2.24, 2.45) is 5.84 Å². The number of hydrogen-bond acceptors (Lipinski definition) is 3. The molecule has 0 aliphatic heterocycles. The Labute approximate surface area is 106 Å². The Morgan fingerprint density at radius 1 is 1.17 bits per heavy atom. The zero-order valence-electron chi connectivity index (χ0n) is 9.51. The van der Waals surface area contributed by atoms with Gasteiger partial charge in [0.25, 0.3) is 0 Å². The highest BCUT2D eigenvalue weighted by Crippen LogP contribution is 2.31. The second kappa shape index (κ2) is 5.09. The summed E-state index contributed by atoms with van der Waals surface area (Å²) < 4.78 is 40.2. The molecule has 0 radical (unpaired) electrons. The summed E-state index contributed by atoms with van der Waals surface area (Å²) in [6.45, 7) is 1.87. The monoisotopic (exact) mass is 272 g/mol. The smallest absolute Gasteiger partial charge is 0.134 e. The number of halogens is 3. The number of hydrogen-bond donors (Lipinski definition) is 2. The van der Waals surface area contributed by atoms with Gasteiger partial charge in [0.05, 0.1) is 6.04 Å². The van der Waals surface area contributed by atoms with Gasteiger partial charge in [-0.2, -0.15) is 0 Å². The van der Waals surface area contributed by atoms with Gasteiger partial charge >= 0.3 is 0 Å². The van der Waals surface area contributed by atoms with E-state index in [-0.39, 0.29) is 5.56 Å². The maximum absolute atomic E-state index is 13.7. The van der Waals surface area contributed by atoms with Gasteiger partial charge in [0.1, 0.15) is 17.5 Å². The molecule has 1 unspecified atom stereocenters. The standard InChI is InChI=1S/C12H11F3N2S/c1-6-2-3-10(18-6)12(17-16)11-8(14)4-7(13)5-9(11)15/h2-5,12,17H,16H2,1H3. The molecule has 0 bridgehead atoms. The first-order valence-corrected chi connectivity index (χ1v) is 6.01. The fourth-order valence-corrected chi connectivity index (χ4v) is 2.69. The molecule has 0 spiro atoms. The van der Waals surface area contributed by atoms with Gasteiger partial charge in [0.2, 0.25) is 0 Å². The highest BCUT2D eigenvalue weighted by molar-refractivity contribution is 7.12. The fourth-order valence-electron chi connectivity index (χ4n) is 1.75. The van der Waals surface area contributed by atoms with Crippen molar-refractivity contribution >= 4 is 11.3 Å². The molecule has 0 aliphatic carbocycles. The summed E-state index contributed by atoms with van der Waals surface area (Å²) in [6, 6.07) is 4.01. The minimum Gasteiger partial charge on any atom is -0.271 e. The number of benzene rings is 1. The van der Waals surface area contributed by atoms with Gasteiger partial charge in [-0.05, 0) is 19.1 Å². The van der Waals surface area contributed by atoms with E-state index in [1.54, 1.807) is 6.07 Å². The van der Waals surface area contributed by atoms with E-state index in [1.165, 1.54) is 11.3 Å². The van der Waals surface area contributed by atoms with Crippen molar-refractivity contribution in [3.63, 3.8) is 0 Å². The van der Waals surface area contributed by atoms with Gasteiger partial charge in [-0.15, -0.1) is 11.3 Å². The predicted molar refractivity (Wildman–Crippen MR) is 64.5 cm³/mol. The lowest BCUT2D eigenvalue weighted by Gasteiger charge is -2.16. The summed E-state index contributed by atoms with van der Waals surface area (Å²) >= 11 is 1.37. The van der Waals surface area contributed by atoms with E-state index in [4.69, 9.17) is 5.84 Å². The fraction of sp³-hybridized carbons (Fsp3) is 0.167. The molecule has 2 rings (SSSR count). The van der Waals surface area contributed by atoms with E-state index in [0.717, 1.165) is 4.88 Å². The number of nitrogens with two attached hydrogens (primary N) is 1. The van der Waals surface area contributed by atoms with Crippen molar-refractivity contribution in [2.75, 3.05) is 0 Å². The topological polar surface area (TPSA) is 38.0 Å². The minimum atomic E-state index is -0.957. The van der Waals surface area contributed by atoms with Gasteiger partial charge < -0.3 is 0 Å². The van der Waals surface area contributed by atoms with E-state index in [0.29, 0.717) is 17.0 Å². The quantitative estimate of drug-likeness (QED) is 0.666. The first-order chi connectivity index (χ1) is 8.52. The van der Waals surface area contributed by atoms with Crippen molar-refractivity contribution in [2.45, 2.75) is 13.0 Å². The van der Waals surface area contributed by atoms with Crippen LogP contribution < -0.4 is 11.3 Å². The van der Waals surface area contributed by atoms with Crippen LogP contribution in [-0.4, -0.2) is 0 Å². The van der Waals surface area contributed by atoms with E-state index in [2.05, 4.69) is 5.43 Å². The van der Waals surface area contributed by atoms with Crippen molar-refractivity contribution in [1.82, 2.24) is 5.43 Å². The van der Waals surface area contributed by atoms with Crippen LogP contribution in [0, 0.1) is 24.4 Å². The van der Waals surface area contributed by atoms with Gasteiger partial charge in [-0.1, -0.05) is 0 Å². The number of thiophene rings is 1. The molecule has 18 heavy (non-hydrogen) atoms. The second-order valence-electron chi connectivity index (χ2n) is 3.83. The Bertz CT molecular complexity index is 545. The number of nitrogens with one attached hydrogen (secondary N) is 1. The third-order valence-corrected chi connectivity index (χ3v) is 3.61. The maximum atomic E-state index is 13.7. The van der Waals surface area contributed by atoms with Crippen LogP contribution in [0.25, 0.3) is 0 Å². The van der Waals surface area contributed by atoms with Crippen molar-refractivity contribution in [1.29, 1.82) is 0 Å². The Hall–Kier alpha value is -1.37. The zero-order valence-corrected chi connectivity index (χ0v) is 10.3. The molecule has 0 fully saturated rings. The van der Waals surface area contributed by atoms with Gasteiger partial charge in [-0.3, -0.25) is 5.84 Å². The molecule has 2 aromatic rings. The van der Waals surface area contributed by atoms with Crippen molar-refractivity contribution in [3.8, 4) is 0 Å². The van der Waals surface area contributed by atoms with E-state index >= 15 is 0 Å². The largest absolute Gasteiger partial charge is 0.271 e. The Balaban J connectivity index is 2.51. The average Bonchev–Trinajstić information content (AvgIpc) is 2.69. The first-order valence-electron chi connectivity index (χ1n) is 5.20. The highest BCUT2D eigenvalue weighted by Gasteiger charge is 2.23. The second-order valence-corrected chi connectivity index (χ2v) is 5.15. The predicted octanol–water partition coefficient (Wildman–Crippen LogP) is 3.03. The van der Waals surface area contributed by atoms with E-state index in [1.807, 2.05) is 13.0 Å². The normalized spacial score (nSPS) is 12.7. The molecule has 6 heteroatoms. The van der Waals surface area contributed by atoms with Crippen molar-refractivity contribution in [3.05, 3.63) is 57.0 Å². The van der Waals surface area contributed by atoms with Gasteiger partial charge in [0, 0.05) is 27.5 Å². The third kappa shape index (κ3) is 2.40. The SMILES string of the molecule is Cc1ccc(C(NN)c2c(F)cc(F)cc2F)s1. The van der Waals surface area contributed by atoms with Crippen LogP contribution >= 0.6 is 11.3 Å². The molecule has 3 N–H and O–H groups in total. The summed E-state index contributed by atoms with van der Waals surface area (Å²) in [5.74, 6) is 2.49. The molecule has 1 aromatic carbocycles. The maximum Gasteiger partial charge on any atom is 0.134 e. The number of aryl methyl sites for hydroxylation is 1. The van der Waals surface area contributed by atoms with Crippen LogP contribution in [-0.2, 0) is 0 Å². The third-order valence-electron chi connectivity index (χ3n) is 2.54. The molecule has 1 atom stereocenters. The summed E-state index contributed by atoms with van der Waals surface area (Å²) in [4.78, 5) is 1.66. The van der Waals surface area contributed by atoms with Crippen LogP contribution in [0.1, 0.15) is 21.4 Å². The molecule has 2 nitrogen and oxygen atoms in total. The summed E-state index contributed by atoms with van der Waals surface area (Å²) in [6.07, 6.45) is 0. The number of rotatable bonds is 3. The summed E-state index contributed by atoms with van der Waals surface area (Å²) in [5, 5.41) is 0. The summed E-state index contributed by atoms with van der Waals surface area (Å²) in [5.41, 5.74) is 2.08. The molecular formula is C12H11F3N2S. The lowest BCUT2D eigenvalue weighted by Crippen LogP contribution is -2.29. The molecule has 1 heterocycles. The molecule has 0 amide bonds. The summed E-state index contributed by atoms with van der Waals surface area (Å²) in [7, 11) is 0. The highest BCUT2D eigenvalue weighted by atomic mass is 32.1. The number of hydrazine groups is 1. The zero-order chi connectivity index (χ0) is 13.3. The van der Waals surface area contributed by atoms with Crippen LogP contribution in [0.15, 0.2) is 24.3 Å². The van der Waals surface area contributed by atoms with E-state index < -0.39 is 23.5 Å². The van der Waals surface area contributed by atoms with Gasteiger partial charge in [-0.25, -0.2) is 18.6 Å². The minimum absolute atomic E-state index is 0.277. The van der Waals surface area contributed by atoms with E-state index in [9.17, 15) is 13.2 Å². The van der Waals surface area contributed by atoms with Crippen LogP contribution in [0.3, 0.4) is 0 Å². The lowest BCUT2D eigenvalue weighted by molar-refractivity contribution is 0.494. The van der Waals surface area contributed by atoms with Crippen LogP contribution in [0.2, 0.25) is 0 Å². The average molecular weight is 272 g/mol. The first kappa shape index (κ1) is 13.1. The van der Waals surface area contributed by atoms with Crippen LogP contribution in [0.5, 0.6) is 0 Å². The molecule has 0 saturated carbocycles. The molecule has 0 saturated heterocycles.